The van der Waals surface area contributed by atoms with Crippen LogP contribution in [0.15, 0.2) is 77.4 Å². The molecule has 4 rings (SSSR count). The monoisotopic (exact) mass is 345 g/mol. The number of esters is 1. The van der Waals surface area contributed by atoms with Gasteiger partial charge in [0.25, 0.3) is 0 Å². The lowest BCUT2D eigenvalue weighted by Gasteiger charge is -2.11. The van der Waals surface area contributed by atoms with Crippen LogP contribution in [0.5, 0.6) is 11.5 Å². The number of fused-ring (bicyclic) bond motifs is 1. The molecule has 5 heteroatoms. The van der Waals surface area contributed by atoms with E-state index in [9.17, 15) is 4.79 Å². The molecule has 26 heavy (non-hydrogen) atoms. The zero-order chi connectivity index (χ0) is 17.9. The first-order valence-electron chi connectivity index (χ1n) is 8.05. The van der Waals surface area contributed by atoms with Gasteiger partial charge in [-0.1, -0.05) is 30.3 Å². The molecule has 0 amide bonds. The van der Waals surface area contributed by atoms with Crippen LogP contribution in [0.3, 0.4) is 0 Å². The standard InChI is InChI=1S/C21H15NO4/c1-24-19-9-4-5-10-20(19)26-21(23)15-13-17(18-11-6-12-25-18)22-16-8-3-2-7-14(15)16/h2-13H,1H3. The van der Waals surface area contributed by atoms with Crippen molar-refractivity contribution in [3.05, 3.63) is 78.6 Å². The van der Waals surface area contributed by atoms with E-state index in [0.717, 1.165) is 0 Å². The fourth-order valence-corrected chi connectivity index (χ4v) is 2.75. The third kappa shape index (κ3) is 2.91. The molecule has 2 aromatic heterocycles. The van der Waals surface area contributed by atoms with Crippen molar-refractivity contribution in [3.63, 3.8) is 0 Å². The van der Waals surface area contributed by atoms with Crippen LogP contribution < -0.4 is 9.47 Å². The second-order valence-corrected chi connectivity index (χ2v) is 5.59. The van der Waals surface area contributed by atoms with Crippen LogP contribution in [-0.2, 0) is 0 Å². The molecule has 0 aliphatic carbocycles. The van der Waals surface area contributed by atoms with E-state index >= 15 is 0 Å². The summed E-state index contributed by atoms with van der Waals surface area (Å²) < 4.78 is 16.3. The van der Waals surface area contributed by atoms with Crippen molar-refractivity contribution in [1.29, 1.82) is 0 Å². The normalized spacial score (nSPS) is 10.7. The fourth-order valence-electron chi connectivity index (χ4n) is 2.75. The molecule has 2 heterocycles. The van der Waals surface area contributed by atoms with Crippen molar-refractivity contribution < 1.29 is 18.7 Å². The summed E-state index contributed by atoms with van der Waals surface area (Å²) in [5.74, 6) is 0.953. The first-order chi connectivity index (χ1) is 12.8. The van der Waals surface area contributed by atoms with E-state index in [1.807, 2.05) is 30.3 Å². The number of carbonyl (C=O) groups is 1. The highest BCUT2D eigenvalue weighted by atomic mass is 16.6. The minimum atomic E-state index is -0.485. The number of para-hydroxylation sites is 3. The van der Waals surface area contributed by atoms with Crippen LogP contribution in [0.25, 0.3) is 22.4 Å². The topological polar surface area (TPSA) is 61.6 Å². The number of methoxy groups -OCH3 is 1. The average Bonchev–Trinajstić information content (AvgIpc) is 3.22. The molecule has 2 aromatic carbocycles. The number of nitrogens with zero attached hydrogens (tertiary/aromatic N) is 1. The molecule has 0 saturated carbocycles. The summed E-state index contributed by atoms with van der Waals surface area (Å²) in [5.41, 5.74) is 1.67. The van der Waals surface area contributed by atoms with Gasteiger partial charge in [0, 0.05) is 5.39 Å². The molecule has 0 N–H and O–H groups in total. The van der Waals surface area contributed by atoms with Gasteiger partial charge in [-0.3, -0.25) is 0 Å². The molecule has 0 bridgehead atoms. The third-order valence-corrected chi connectivity index (χ3v) is 3.98. The second kappa shape index (κ2) is 6.72. The number of hydrogen-bond donors (Lipinski definition) is 0. The number of benzene rings is 2. The van der Waals surface area contributed by atoms with Gasteiger partial charge in [-0.05, 0) is 36.4 Å². The molecule has 0 unspecified atom stereocenters. The van der Waals surface area contributed by atoms with Gasteiger partial charge in [0.2, 0.25) is 0 Å². The van der Waals surface area contributed by atoms with Crippen molar-refractivity contribution in [2.24, 2.45) is 0 Å². The fraction of sp³-hybridized carbons (Fsp3) is 0.0476. The van der Waals surface area contributed by atoms with Gasteiger partial charge in [-0.2, -0.15) is 0 Å². The molecule has 0 aliphatic rings. The van der Waals surface area contributed by atoms with Crippen LogP contribution in [0, 0.1) is 0 Å². The Morgan fingerprint density at radius 2 is 1.73 bits per heavy atom. The molecule has 0 fully saturated rings. The van der Waals surface area contributed by atoms with Crippen LogP contribution in [0.2, 0.25) is 0 Å². The summed E-state index contributed by atoms with van der Waals surface area (Å²) in [7, 11) is 1.53. The lowest BCUT2D eigenvalue weighted by molar-refractivity contribution is 0.0732. The zero-order valence-electron chi connectivity index (χ0n) is 14.0. The van der Waals surface area contributed by atoms with Crippen molar-refractivity contribution in [3.8, 4) is 23.0 Å². The Balaban J connectivity index is 1.80. The maximum absolute atomic E-state index is 12.9. The van der Waals surface area contributed by atoms with Gasteiger partial charge < -0.3 is 13.9 Å². The Labute approximate surface area is 149 Å². The van der Waals surface area contributed by atoms with E-state index in [1.165, 1.54) is 7.11 Å². The van der Waals surface area contributed by atoms with Gasteiger partial charge in [0.1, 0.15) is 5.69 Å². The van der Waals surface area contributed by atoms with Gasteiger partial charge >= 0.3 is 5.97 Å². The Morgan fingerprint density at radius 1 is 0.962 bits per heavy atom. The summed E-state index contributed by atoms with van der Waals surface area (Å²) in [6.07, 6.45) is 1.57. The Kier molecular flexibility index (Phi) is 4.11. The summed E-state index contributed by atoms with van der Waals surface area (Å²) in [6.45, 7) is 0. The minimum Gasteiger partial charge on any atom is -0.493 e. The van der Waals surface area contributed by atoms with Crippen LogP contribution in [0.1, 0.15) is 10.4 Å². The summed E-state index contributed by atoms with van der Waals surface area (Å²) in [5, 5.41) is 0.711. The summed E-state index contributed by atoms with van der Waals surface area (Å²) in [4.78, 5) is 17.5. The SMILES string of the molecule is COc1ccccc1OC(=O)c1cc(-c2ccco2)nc2ccccc12. The van der Waals surface area contributed by atoms with E-state index in [0.29, 0.717) is 39.4 Å². The van der Waals surface area contributed by atoms with E-state index in [1.54, 1.807) is 42.7 Å². The second-order valence-electron chi connectivity index (χ2n) is 5.59. The van der Waals surface area contributed by atoms with Crippen molar-refractivity contribution >= 4 is 16.9 Å². The van der Waals surface area contributed by atoms with Gasteiger partial charge in [0.15, 0.2) is 17.3 Å². The summed E-state index contributed by atoms with van der Waals surface area (Å²) >= 11 is 0. The third-order valence-electron chi connectivity index (χ3n) is 3.98. The molecule has 128 valence electrons. The smallest absolute Gasteiger partial charge is 0.344 e. The molecule has 4 aromatic rings. The van der Waals surface area contributed by atoms with Crippen LogP contribution >= 0.6 is 0 Å². The Bertz CT molecular complexity index is 1070. The first-order valence-corrected chi connectivity index (χ1v) is 8.05. The van der Waals surface area contributed by atoms with E-state index in [2.05, 4.69) is 4.98 Å². The van der Waals surface area contributed by atoms with E-state index in [4.69, 9.17) is 13.9 Å². The highest BCUT2D eigenvalue weighted by Gasteiger charge is 2.18. The lowest BCUT2D eigenvalue weighted by atomic mass is 10.1. The lowest BCUT2D eigenvalue weighted by Crippen LogP contribution is -2.10. The average molecular weight is 345 g/mol. The van der Waals surface area contributed by atoms with Crippen LogP contribution in [-0.4, -0.2) is 18.1 Å². The number of furan rings is 1. The predicted octanol–water partition coefficient (Wildman–Crippen LogP) is 4.72. The maximum atomic E-state index is 12.9. The predicted molar refractivity (Wildman–Crippen MR) is 97.4 cm³/mol. The zero-order valence-corrected chi connectivity index (χ0v) is 14.0. The van der Waals surface area contributed by atoms with Gasteiger partial charge in [-0.15, -0.1) is 0 Å². The molecule has 0 atom stereocenters. The Morgan fingerprint density at radius 3 is 2.50 bits per heavy atom. The molecular formula is C21H15NO4. The van der Waals surface area contributed by atoms with E-state index in [-0.39, 0.29) is 0 Å². The molecule has 5 nitrogen and oxygen atoms in total. The van der Waals surface area contributed by atoms with Crippen LogP contribution in [0.4, 0.5) is 0 Å². The number of ether oxygens (including phenoxy) is 2. The number of rotatable bonds is 4. The molecule has 0 radical (unpaired) electrons. The van der Waals surface area contributed by atoms with Gasteiger partial charge in [-0.25, -0.2) is 9.78 Å². The Hall–Kier alpha value is -3.60. The maximum Gasteiger partial charge on any atom is 0.344 e. The molecule has 0 spiro atoms. The minimum absolute atomic E-state index is 0.362. The highest BCUT2D eigenvalue weighted by Crippen LogP contribution is 2.29. The number of carbonyl (C=O) groups excluding carboxylic acids is 1. The number of pyridine rings is 1. The highest BCUT2D eigenvalue weighted by molar-refractivity contribution is 6.05. The largest absolute Gasteiger partial charge is 0.493 e. The van der Waals surface area contributed by atoms with E-state index < -0.39 is 5.97 Å². The number of aromatic nitrogens is 1. The van der Waals surface area contributed by atoms with Crippen molar-refractivity contribution in [2.75, 3.05) is 7.11 Å². The molecular weight excluding hydrogens is 330 g/mol. The molecule has 0 saturated heterocycles. The van der Waals surface area contributed by atoms with Crippen molar-refractivity contribution in [2.45, 2.75) is 0 Å². The quantitative estimate of drug-likeness (QED) is 0.395. The molecule has 0 aliphatic heterocycles. The summed E-state index contributed by atoms with van der Waals surface area (Å²) in [6, 6.07) is 19.7. The first kappa shape index (κ1) is 15.9. The number of hydrogen-bond acceptors (Lipinski definition) is 5. The van der Waals surface area contributed by atoms with Crippen molar-refractivity contribution in [1.82, 2.24) is 4.98 Å². The van der Waals surface area contributed by atoms with Gasteiger partial charge in [0.05, 0.1) is 24.5 Å².